The predicted molar refractivity (Wildman–Crippen MR) is 253 cm³/mol. The molecule has 0 spiro atoms. The number of azo groups is 4. The molecule has 1 heterocycles. The van der Waals surface area contributed by atoms with Crippen molar-refractivity contribution in [3.63, 3.8) is 0 Å². The summed E-state index contributed by atoms with van der Waals surface area (Å²) in [4.78, 5) is 10.2. The number of aliphatic hydroxyl groups excluding tert-OH is 1. The summed E-state index contributed by atoms with van der Waals surface area (Å²) in [6.45, 7) is 8.97. The van der Waals surface area contributed by atoms with Crippen LogP contribution in [0.1, 0.15) is 62.6 Å². The molecular formula is C51H57N9O3. The van der Waals surface area contributed by atoms with Gasteiger partial charge in [-0.3, -0.25) is 0 Å². The van der Waals surface area contributed by atoms with Crippen molar-refractivity contribution in [3.8, 4) is 0 Å². The number of ether oxygens (including phenoxy) is 1. The van der Waals surface area contributed by atoms with E-state index in [4.69, 9.17) is 14.6 Å². The summed E-state index contributed by atoms with van der Waals surface area (Å²) in [6, 6.07) is 47.5. The van der Waals surface area contributed by atoms with Crippen molar-refractivity contribution >= 4 is 58.0 Å². The first kappa shape index (κ1) is 47.2. The molecule has 1 fully saturated rings. The SMILES string of the molecule is C=O.CCCCc1ccc(N=Nc2ccc(N=Nc3ccc(CCCO)cc3)cc2)cc1.CCCCc1ccc(N=Nc2ccc(N=Nc3ccc(N4CCOC4)cc3)cc2)cc1. The summed E-state index contributed by atoms with van der Waals surface area (Å²) >= 11 is 0. The molecule has 6 aromatic carbocycles. The fourth-order valence-corrected chi connectivity index (χ4v) is 6.21. The van der Waals surface area contributed by atoms with Crippen LogP contribution in [0.5, 0.6) is 0 Å². The summed E-state index contributed by atoms with van der Waals surface area (Å²) in [5.41, 5.74) is 11.4. The van der Waals surface area contributed by atoms with Crippen molar-refractivity contribution in [1.29, 1.82) is 0 Å². The molecule has 0 radical (unpaired) electrons. The van der Waals surface area contributed by atoms with E-state index in [0.29, 0.717) is 6.73 Å². The van der Waals surface area contributed by atoms with Crippen LogP contribution in [0.15, 0.2) is 187 Å². The van der Waals surface area contributed by atoms with E-state index >= 15 is 0 Å². The van der Waals surface area contributed by atoms with Gasteiger partial charge in [0.1, 0.15) is 13.5 Å². The number of hydrogen-bond donors (Lipinski definition) is 1. The normalized spacial score (nSPS) is 12.5. The quantitative estimate of drug-likeness (QED) is 0.0857. The van der Waals surface area contributed by atoms with Gasteiger partial charge in [-0.15, -0.1) is 0 Å². The minimum absolute atomic E-state index is 0.211. The summed E-state index contributed by atoms with van der Waals surface area (Å²) in [5.74, 6) is 0. The number of benzene rings is 6. The third-order valence-electron chi connectivity index (χ3n) is 9.86. The van der Waals surface area contributed by atoms with Crippen LogP contribution < -0.4 is 4.90 Å². The lowest BCUT2D eigenvalue weighted by Crippen LogP contribution is -2.17. The predicted octanol–water partition coefficient (Wildman–Crippen LogP) is 15.3. The highest BCUT2D eigenvalue weighted by Crippen LogP contribution is 2.27. The first-order valence-corrected chi connectivity index (χ1v) is 21.5. The Kier molecular flexibility index (Phi) is 20.3. The molecule has 0 unspecified atom stereocenters. The smallest absolute Gasteiger partial charge is 0.119 e. The van der Waals surface area contributed by atoms with Crippen LogP contribution in [0, 0.1) is 0 Å². The Morgan fingerprint density at radius 2 is 0.714 bits per heavy atom. The molecule has 0 atom stereocenters. The van der Waals surface area contributed by atoms with E-state index in [2.05, 4.69) is 83.9 Å². The van der Waals surface area contributed by atoms with Crippen LogP contribution in [0.25, 0.3) is 0 Å². The first-order valence-electron chi connectivity index (χ1n) is 21.5. The molecular weight excluding hydrogens is 787 g/mol. The lowest BCUT2D eigenvalue weighted by Gasteiger charge is -2.15. The average Bonchev–Trinajstić information content (AvgIpc) is 3.90. The van der Waals surface area contributed by atoms with E-state index in [1.54, 1.807) is 0 Å². The summed E-state index contributed by atoms with van der Waals surface area (Å²) in [5, 5.41) is 43.3. The number of rotatable bonds is 18. The van der Waals surface area contributed by atoms with Gasteiger partial charge in [0.05, 0.1) is 52.1 Å². The zero-order valence-electron chi connectivity index (χ0n) is 36.3. The van der Waals surface area contributed by atoms with Gasteiger partial charge in [0.15, 0.2) is 0 Å². The van der Waals surface area contributed by atoms with Crippen molar-refractivity contribution in [2.75, 3.05) is 31.4 Å². The van der Waals surface area contributed by atoms with Crippen LogP contribution in [0.2, 0.25) is 0 Å². The van der Waals surface area contributed by atoms with Gasteiger partial charge in [0.2, 0.25) is 0 Å². The number of aliphatic hydroxyl groups is 1. The number of nitrogens with zero attached hydrogens (tertiary/aromatic N) is 9. The van der Waals surface area contributed by atoms with Crippen molar-refractivity contribution in [2.24, 2.45) is 40.9 Å². The Hall–Kier alpha value is -6.89. The number of carbonyl (C=O) groups is 1. The number of aryl methyl sites for hydroxylation is 3. The van der Waals surface area contributed by atoms with Gasteiger partial charge in [-0.05, 0) is 164 Å². The highest BCUT2D eigenvalue weighted by molar-refractivity contribution is 5.54. The van der Waals surface area contributed by atoms with Gasteiger partial charge in [0, 0.05) is 18.8 Å². The minimum atomic E-state index is 0.211. The van der Waals surface area contributed by atoms with E-state index < -0.39 is 0 Å². The minimum Gasteiger partial charge on any atom is -0.396 e. The monoisotopic (exact) mass is 843 g/mol. The third-order valence-corrected chi connectivity index (χ3v) is 9.86. The lowest BCUT2D eigenvalue weighted by atomic mass is 10.1. The van der Waals surface area contributed by atoms with E-state index in [9.17, 15) is 0 Å². The Labute approximate surface area is 371 Å². The molecule has 1 N–H and O–H groups in total. The van der Waals surface area contributed by atoms with Gasteiger partial charge < -0.3 is 19.5 Å². The molecule has 0 aliphatic carbocycles. The molecule has 0 saturated carbocycles. The molecule has 0 aromatic heterocycles. The van der Waals surface area contributed by atoms with E-state index in [-0.39, 0.29) is 6.61 Å². The van der Waals surface area contributed by atoms with Crippen LogP contribution in [-0.4, -0.2) is 38.4 Å². The fourth-order valence-electron chi connectivity index (χ4n) is 6.21. The summed E-state index contributed by atoms with van der Waals surface area (Å²) < 4.78 is 5.39. The highest BCUT2D eigenvalue weighted by Gasteiger charge is 2.12. The van der Waals surface area contributed by atoms with Gasteiger partial charge in [-0.1, -0.05) is 63.1 Å². The molecule has 63 heavy (non-hydrogen) atoms. The van der Waals surface area contributed by atoms with E-state index in [0.717, 1.165) is 90.0 Å². The van der Waals surface area contributed by atoms with Crippen LogP contribution >= 0.6 is 0 Å². The van der Waals surface area contributed by atoms with Gasteiger partial charge in [0.25, 0.3) is 0 Å². The number of hydrogen-bond acceptors (Lipinski definition) is 12. The maximum Gasteiger partial charge on any atom is 0.119 e. The van der Waals surface area contributed by atoms with Crippen molar-refractivity contribution < 1.29 is 14.6 Å². The van der Waals surface area contributed by atoms with Crippen molar-refractivity contribution in [2.45, 2.75) is 65.2 Å². The highest BCUT2D eigenvalue weighted by atomic mass is 16.5. The Morgan fingerprint density at radius 1 is 0.444 bits per heavy atom. The van der Waals surface area contributed by atoms with Crippen LogP contribution in [0.4, 0.5) is 51.2 Å². The topological polar surface area (TPSA) is 149 Å². The number of carbonyl (C=O) groups excluding carboxylic acids is 1. The number of unbranched alkanes of at least 4 members (excludes halogenated alkanes) is 2. The summed E-state index contributed by atoms with van der Waals surface area (Å²) in [6.07, 6.45) is 8.69. The molecule has 0 bridgehead atoms. The standard InChI is InChI=1S/C25H27N5O.C25H28N4O.CH2O/c1-2-3-4-20-5-7-21(8-6-20)26-27-22-9-11-23(12-10-22)28-29-24-13-15-25(16-14-24)30-17-18-31-19-30;1-2-3-5-20-7-11-22(12-8-20)26-28-24-15-17-25(18-16-24)29-27-23-13-9-21(10-14-23)6-4-19-30;1-2/h5-16H,2-4,17-19H2,1H3;7-18,30H,2-6,19H2,1H3;1H2. The molecule has 6 aromatic rings. The van der Waals surface area contributed by atoms with E-state index in [1.807, 2.05) is 128 Å². The second kappa shape index (κ2) is 27.1. The molecule has 12 nitrogen and oxygen atoms in total. The fraction of sp³-hybridized carbons (Fsp3) is 0.275. The zero-order chi connectivity index (χ0) is 44.3. The molecule has 1 aliphatic rings. The van der Waals surface area contributed by atoms with Crippen molar-refractivity contribution in [1.82, 2.24) is 0 Å². The summed E-state index contributed by atoms with van der Waals surface area (Å²) in [7, 11) is 0. The second-order valence-electron chi connectivity index (χ2n) is 14.7. The van der Waals surface area contributed by atoms with E-state index in [1.165, 1.54) is 42.4 Å². The molecule has 1 aliphatic heterocycles. The van der Waals surface area contributed by atoms with Gasteiger partial charge in [-0.25, -0.2) is 0 Å². The Bertz CT molecular complexity index is 2230. The van der Waals surface area contributed by atoms with Gasteiger partial charge in [-0.2, -0.15) is 40.9 Å². The average molecular weight is 844 g/mol. The molecule has 7 rings (SSSR count). The Balaban J connectivity index is 0.000000229. The number of anilines is 1. The van der Waals surface area contributed by atoms with Crippen LogP contribution in [0.3, 0.4) is 0 Å². The molecule has 0 amide bonds. The maximum absolute atomic E-state index is 8.89. The van der Waals surface area contributed by atoms with Crippen molar-refractivity contribution in [3.05, 3.63) is 162 Å². The third kappa shape index (κ3) is 16.8. The Morgan fingerprint density at radius 3 is 0.968 bits per heavy atom. The maximum atomic E-state index is 8.89. The molecule has 1 saturated heterocycles. The largest absolute Gasteiger partial charge is 0.396 e. The first-order chi connectivity index (χ1) is 31.1. The van der Waals surface area contributed by atoms with Gasteiger partial charge >= 0.3 is 0 Å². The zero-order valence-corrected chi connectivity index (χ0v) is 36.3. The molecule has 324 valence electrons. The second-order valence-corrected chi connectivity index (χ2v) is 14.7. The lowest BCUT2D eigenvalue weighted by molar-refractivity contribution is -0.0980. The molecule has 12 heteroatoms. The van der Waals surface area contributed by atoms with Crippen LogP contribution in [-0.2, 0) is 28.8 Å².